The number of hydrogen-bond acceptors (Lipinski definition) is 4. The van der Waals surface area contributed by atoms with Crippen molar-refractivity contribution in [2.24, 2.45) is 0 Å². The van der Waals surface area contributed by atoms with Crippen LogP contribution in [-0.2, 0) is 10.3 Å². The van der Waals surface area contributed by atoms with Crippen molar-refractivity contribution in [3.8, 4) is 0 Å². The summed E-state index contributed by atoms with van der Waals surface area (Å²) in [6.07, 6.45) is 0. The predicted molar refractivity (Wildman–Crippen MR) is 92.7 cm³/mol. The van der Waals surface area contributed by atoms with Crippen LogP contribution in [0.2, 0.25) is 0 Å². The minimum atomic E-state index is -1.18. The van der Waals surface area contributed by atoms with Crippen LogP contribution in [0.15, 0.2) is 42.5 Å². The van der Waals surface area contributed by atoms with Gasteiger partial charge in [0.25, 0.3) is 11.8 Å². The molecule has 0 aromatic heterocycles. The monoisotopic (exact) mass is 356 g/mol. The van der Waals surface area contributed by atoms with Crippen molar-refractivity contribution in [2.75, 3.05) is 5.43 Å². The standard InChI is InChI=1S/C18H17FN4O3/c1-10-3-8-13(19)9-14(10)22-23-15(24)11-4-6-12(7-5-11)18(2)16(25)20-17(26)21-18/h3-9,22H,1-2H3,(H,23,24)(H2,20,21,25,26). The van der Waals surface area contributed by atoms with E-state index in [0.29, 0.717) is 16.8 Å². The maximum atomic E-state index is 13.3. The number of imide groups is 1. The molecular formula is C18H17FN4O3. The molecule has 0 aliphatic carbocycles. The first-order valence-corrected chi connectivity index (χ1v) is 7.86. The van der Waals surface area contributed by atoms with Crippen molar-refractivity contribution >= 4 is 23.5 Å². The van der Waals surface area contributed by atoms with E-state index in [9.17, 15) is 18.8 Å². The van der Waals surface area contributed by atoms with E-state index in [2.05, 4.69) is 21.5 Å². The molecule has 4 N–H and O–H groups in total. The molecule has 2 aromatic rings. The lowest BCUT2D eigenvalue weighted by Crippen LogP contribution is -2.40. The van der Waals surface area contributed by atoms with Crippen LogP contribution in [0.4, 0.5) is 14.9 Å². The number of carbonyl (C=O) groups excluding carboxylic acids is 3. The number of rotatable bonds is 4. The van der Waals surface area contributed by atoms with Gasteiger partial charge in [0.15, 0.2) is 0 Å². The zero-order valence-electron chi connectivity index (χ0n) is 14.1. The number of nitrogens with one attached hydrogen (secondary N) is 4. The second-order valence-electron chi connectivity index (χ2n) is 6.15. The topological polar surface area (TPSA) is 99.3 Å². The first-order valence-electron chi connectivity index (χ1n) is 7.86. The zero-order valence-corrected chi connectivity index (χ0v) is 14.1. The van der Waals surface area contributed by atoms with E-state index in [-0.39, 0.29) is 0 Å². The average Bonchev–Trinajstić information content (AvgIpc) is 2.88. The van der Waals surface area contributed by atoms with Crippen LogP contribution >= 0.6 is 0 Å². The Morgan fingerprint density at radius 3 is 2.42 bits per heavy atom. The lowest BCUT2D eigenvalue weighted by atomic mass is 9.91. The highest BCUT2D eigenvalue weighted by Gasteiger charge is 2.43. The highest BCUT2D eigenvalue weighted by Crippen LogP contribution is 2.24. The SMILES string of the molecule is Cc1ccc(F)cc1NNC(=O)c1ccc(C2(C)NC(=O)NC2=O)cc1. The lowest BCUT2D eigenvalue weighted by molar-refractivity contribution is -0.123. The Labute approximate surface area is 148 Å². The summed E-state index contributed by atoms with van der Waals surface area (Å²) in [5, 5.41) is 4.74. The number of halogens is 1. The smallest absolute Gasteiger partial charge is 0.320 e. The van der Waals surface area contributed by atoms with E-state index in [0.717, 1.165) is 5.56 Å². The molecule has 1 fully saturated rings. The lowest BCUT2D eigenvalue weighted by Gasteiger charge is -2.21. The minimum Gasteiger partial charge on any atom is -0.320 e. The quantitative estimate of drug-likeness (QED) is 0.497. The van der Waals surface area contributed by atoms with Gasteiger partial charge in [0, 0.05) is 5.56 Å². The molecule has 1 heterocycles. The van der Waals surface area contributed by atoms with E-state index in [1.807, 2.05) is 0 Å². The van der Waals surface area contributed by atoms with Gasteiger partial charge in [-0.1, -0.05) is 18.2 Å². The molecule has 134 valence electrons. The number of aryl methyl sites for hydroxylation is 1. The van der Waals surface area contributed by atoms with E-state index in [4.69, 9.17) is 0 Å². The number of anilines is 1. The van der Waals surface area contributed by atoms with Crippen molar-refractivity contribution in [3.05, 3.63) is 65.0 Å². The second-order valence-corrected chi connectivity index (χ2v) is 6.15. The molecule has 1 unspecified atom stereocenters. The van der Waals surface area contributed by atoms with Gasteiger partial charge in [-0.05, 0) is 49.2 Å². The molecule has 8 heteroatoms. The van der Waals surface area contributed by atoms with Crippen molar-refractivity contribution in [1.29, 1.82) is 0 Å². The Balaban J connectivity index is 1.70. The molecule has 1 saturated heterocycles. The maximum absolute atomic E-state index is 13.3. The van der Waals surface area contributed by atoms with Gasteiger partial charge in [0.05, 0.1) is 5.69 Å². The minimum absolute atomic E-state index is 0.337. The Morgan fingerprint density at radius 2 is 1.81 bits per heavy atom. The summed E-state index contributed by atoms with van der Waals surface area (Å²) in [6, 6.07) is 9.90. The Kier molecular flexibility index (Phi) is 4.33. The van der Waals surface area contributed by atoms with Gasteiger partial charge in [-0.25, -0.2) is 9.18 Å². The van der Waals surface area contributed by atoms with Gasteiger partial charge in [0.2, 0.25) is 0 Å². The molecule has 0 bridgehead atoms. The molecule has 4 amide bonds. The fourth-order valence-corrected chi connectivity index (χ4v) is 2.63. The first-order chi connectivity index (χ1) is 12.3. The maximum Gasteiger partial charge on any atom is 0.322 e. The van der Waals surface area contributed by atoms with Crippen molar-refractivity contribution in [2.45, 2.75) is 19.4 Å². The summed E-state index contributed by atoms with van der Waals surface area (Å²) < 4.78 is 13.3. The fourth-order valence-electron chi connectivity index (χ4n) is 2.63. The molecule has 1 atom stereocenters. The zero-order chi connectivity index (χ0) is 18.9. The molecule has 0 spiro atoms. The summed E-state index contributed by atoms with van der Waals surface area (Å²) in [6.45, 7) is 3.36. The third-order valence-corrected chi connectivity index (χ3v) is 4.28. The Hall–Kier alpha value is -3.42. The fraction of sp³-hybridized carbons (Fsp3) is 0.167. The van der Waals surface area contributed by atoms with Crippen molar-refractivity contribution in [3.63, 3.8) is 0 Å². The largest absolute Gasteiger partial charge is 0.322 e. The Bertz CT molecular complexity index is 898. The van der Waals surface area contributed by atoms with Gasteiger partial charge < -0.3 is 5.32 Å². The molecule has 0 radical (unpaired) electrons. The summed E-state index contributed by atoms with van der Waals surface area (Å²) in [4.78, 5) is 35.5. The van der Waals surface area contributed by atoms with Gasteiger partial charge in [-0.2, -0.15) is 0 Å². The summed E-state index contributed by atoms with van der Waals surface area (Å²) in [5.74, 6) is -1.30. The molecule has 0 saturated carbocycles. The van der Waals surface area contributed by atoms with Crippen molar-refractivity contribution < 1.29 is 18.8 Å². The molecule has 7 nitrogen and oxygen atoms in total. The van der Waals surface area contributed by atoms with Crippen molar-refractivity contribution in [1.82, 2.24) is 16.1 Å². The molecular weight excluding hydrogens is 339 g/mol. The van der Waals surface area contributed by atoms with E-state index in [1.54, 1.807) is 32.0 Å². The van der Waals surface area contributed by atoms with Gasteiger partial charge in [-0.15, -0.1) is 0 Å². The van der Waals surface area contributed by atoms with Crippen LogP contribution in [0.5, 0.6) is 0 Å². The van der Waals surface area contributed by atoms with Crippen LogP contribution in [0.1, 0.15) is 28.4 Å². The average molecular weight is 356 g/mol. The van der Waals surface area contributed by atoms with Crippen LogP contribution in [0.25, 0.3) is 0 Å². The number of amides is 4. The van der Waals surface area contributed by atoms with E-state index in [1.165, 1.54) is 24.3 Å². The normalized spacial score (nSPS) is 18.9. The molecule has 3 rings (SSSR count). The van der Waals surface area contributed by atoms with Gasteiger partial charge in [0.1, 0.15) is 11.4 Å². The van der Waals surface area contributed by atoms with Gasteiger partial charge in [-0.3, -0.25) is 25.8 Å². The molecule has 26 heavy (non-hydrogen) atoms. The molecule has 1 aliphatic rings. The van der Waals surface area contributed by atoms with Gasteiger partial charge >= 0.3 is 6.03 Å². The van der Waals surface area contributed by atoms with E-state index < -0.39 is 29.2 Å². The summed E-state index contributed by atoms with van der Waals surface area (Å²) in [5.41, 5.74) is 6.11. The summed E-state index contributed by atoms with van der Waals surface area (Å²) in [7, 11) is 0. The third-order valence-electron chi connectivity index (χ3n) is 4.28. The number of hydrogen-bond donors (Lipinski definition) is 4. The highest BCUT2D eigenvalue weighted by molar-refractivity contribution is 6.07. The highest BCUT2D eigenvalue weighted by atomic mass is 19.1. The number of carbonyl (C=O) groups is 3. The summed E-state index contributed by atoms with van der Waals surface area (Å²) >= 11 is 0. The second kappa shape index (κ2) is 6.47. The Morgan fingerprint density at radius 1 is 1.12 bits per heavy atom. The third kappa shape index (κ3) is 3.21. The van der Waals surface area contributed by atoms with Crippen LogP contribution in [0.3, 0.4) is 0 Å². The predicted octanol–water partition coefficient (Wildman–Crippen LogP) is 1.95. The van der Waals surface area contributed by atoms with Crippen LogP contribution in [0, 0.1) is 12.7 Å². The molecule has 2 aromatic carbocycles. The molecule has 1 aliphatic heterocycles. The number of benzene rings is 2. The van der Waals surface area contributed by atoms with Crippen LogP contribution < -0.4 is 21.5 Å². The number of hydrazine groups is 1. The van der Waals surface area contributed by atoms with Crippen LogP contribution in [-0.4, -0.2) is 17.8 Å². The number of urea groups is 1. The first kappa shape index (κ1) is 17.4. The van der Waals surface area contributed by atoms with E-state index >= 15 is 0 Å².